The van der Waals surface area contributed by atoms with E-state index >= 15 is 0 Å². The van der Waals surface area contributed by atoms with Gasteiger partial charge in [0.1, 0.15) is 0 Å². The first kappa shape index (κ1) is 15.8. The molecule has 0 radical (unpaired) electrons. The normalized spacial score (nSPS) is 13.6. The van der Waals surface area contributed by atoms with Crippen LogP contribution in [0.15, 0.2) is 0 Å². The minimum Gasteiger partial charge on any atom is -0.396 e. The lowest BCUT2D eigenvalue weighted by Crippen LogP contribution is -2.29. The van der Waals surface area contributed by atoms with Gasteiger partial charge in [0, 0.05) is 24.3 Å². The van der Waals surface area contributed by atoms with Crippen molar-refractivity contribution < 1.29 is 9.90 Å². The van der Waals surface area contributed by atoms with Crippen molar-refractivity contribution in [3.63, 3.8) is 0 Å². The van der Waals surface area contributed by atoms with E-state index in [9.17, 15) is 4.79 Å². The Kier molecular flexibility index (Phi) is 7.85. The monoisotopic (exact) mass is 247 g/mol. The van der Waals surface area contributed by atoms with Crippen LogP contribution < -0.4 is 5.32 Å². The van der Waals surface area contributed by atoms with Crippen molar-refractivity contribution in [1.82, 2.24) is 5.32 Å². The Morgan fingerprint density at radius 2 is 2.06 bits per heavy atom. The number of carbonyl (C=O) groups is 1. The predicted octanol–water partition coefficient (Wildman–Crippen LogP) is 2.04. The summed E-state index contributed by atoms with van der Waals surface area (Å²) in [5.41, 5.74) is 0. The van der Waals surface area contributed by atoms with Gasteiger partial charge < -0.3 is 10.4 Å². The number of thioether (sulfide) groups is 1. The molecule has 0 saturated carbocycles. The molecule has 3 nitrogen and oxygen atoms in total. The molecule has 0 aliphatic heterocycles. The molecule has 0 aliphatic carbocycles. The zero-order chi connectivity index (χ0) is 12.6. The first-order valence-electron chi connectivity index (χ1n) is 5.86. The summed E-state index contributed by atoms with van der Waals surface area (Å²) < 4.78 is 0.280. The average Bonchev–Trinajstić information content (AvgIpc) is 2.19. The van der Waals surface area contributed by atoms with E-state index in [1.54, 1.807) is 0 Å². The van der Waals surface area contributed by atoms with Gasteiger partial charge in [0.25, 0.3) is 0 Å². The van der Waals surface area contributed by atoms with Crippen molar-refractivity contribution in [2.75, 3.05) is 18.9 Å². The van der Waals surface area contributed by atoms with Gasteiger partial charge in [-0.1, -0.05) is 27.7 Å². The highest BCUT2D eigenvalue weighted by Gasteiger charge is 2.10. The number of rotatable bonds is 7. The molecule has 96 valence electrons. The quantitative estimate of drug-likeness (QED) is 0.677. The largest absolute Gasteiger partial charge is 0.396 e. The van der Waals surface area contributed by atoms with Crippen LogP contribution in [0.2, 0.25) is 0 Å². The number of aliphatic hydroxyl groups is 1. The molecular weight excluding hydrogens is 222 g/mol. The van der Waals surface area contributed by atoms with Crippen LogP contribution in [-0.2, 0) is 4.79 Å². The van der Waals surface area contributed by atoms with Crippen LogP contribution >= 0.6 is 11.8 Å². The van der Waals surface area contributed by atoms with Crippen LogP contribution in [-0.4, -0.2) is 34.7 Å². The van der Waals surface area contributed by atoms with E-state index in [0.717, 1.165) is 12.2 Å². The summed E-state index contributed by atoms with van der Waals surface area (Å²) >= 11 is 1.88. The maximum absolute atomic E-state index is 11.4. The second kappa shape index (κ2) is 7.96. The lowest BCUT2D eigenvalue weighted by molar-refractivity contribution is -0.121. The highest BCUT2D eigenvalue weighted by molar-refractivity contribution is 8.00. The Balaban J connectivity index is 3.44. The van der Waals surface area contributed by atoms with Crippen LogP contribution in [0.1, 0.15) is 40.5 Å². The summed E-state index contributed by atoms with van der Waals surface area (Å²) in [5.74, 6) is 1.26. The van der Waals surface area contributed by atoms with Crippen molar-refractivity contribution in [2.24, 2.45) is 5.92 Å². The number of amides is 1. The molecule has 1 atom stereocenters. The van der Waals surface area contributed by atoms with E-state index in [1.165, 1.54) is 0 Å². The zero-order valence-electron chi connectivity index (χ0n) is 10.9. The highest BCUT2D eigenvalue weighted by Crippen LogP contribution is 2.23. The average molecular weight is 247 g/mol. The maximum atomic E-state index is 11.4. The Labute approximate surface area is 103 Å². The fraction of sp³-hybridized carbons (Fsp3) is 0.917. The molecule has 0 aromatic rings. The first-order chi connectivity index (χ1) is 7.35. The number of nitrogens with one attached hydrogen (secondary N) is 1. The van der Waals surface area contributed by atoms with Gasteiger partial charge in [0.2, 0.25) is 5.91 Å². The molecular formula is C12H25NO2S. The number of aliphatic hydroxyl groups excluding tert-OH is 1. The SMILES string of the molecule is CC(CO)CNC(=O)CCCSC(C)(C)C. The smallest absolute Gasteiger partial charge is 0.220 e. The van der Waals surface area contributed by atoms with Gasteiger partial charge in [0.05, 0.1) is 0 Å². The number of hydrogen-bond acceptors (Lipinski definition) is 3. The highest BCUT2D eigenvalue weighted by atomic mass is 32.2. The third-order valence-electron chi connectivity index (χ3n) is 2.04. The summed E-state index contributed by atoms with van der Waals surface area (Å²) in [6.45, 7) is 9.15. The third kappa shape index (κ3) is 10.3. The number of carbonyl (C=O) groups excluding carboxylic acids is 1. The van der Waals surface area contributed by atoms with E-state index in [-0.39, 0.29) is 23.2 Å². The van der Waals surface area contributed by atoms with Gasteiger partial charge in [-0.15, -0.1) is 0 Å². The molecule has 0 heterocycles. The Morgan fingerprint density at radius 3 is 2.56 bits per heavy atom. The van der Waals surface area contributed by atoms with Gasteiger partial charge >= 0.3 is 0 Å². The molecule has 0 aliphatic rings. The molecule has 0 saturated heterocycles. The predicted molar refractivity (Wildman–Crippen MR) is 70.7 cm³/mol. The zero-order valence-corrected chi connectivity index (χ0v) is 11.7. The Bertz CT molecular complexity index is 202. The molecule has 0 bridgehead atoms. The molecule has 0 fully saturated rings. The van der Waals surface area contributed by atoms with Gasteiger partial charge in [0.15, 0.2) is 0 Å². The van der Waals surface area contributed by atoms with Crippen molar-refractivity contribution in [2.45, 2.75) is 45.3 Å². The van der Waals surface area contributed by atoms with Crippen LogP contribution in [0.4, 0.5) is 0 Å². The van der Waals surface area contributed by atoms with Crippen molar-refractivity contribution >= 4 is 17.7 Å². The van der Waals surface area contributed by atoms with Crippen molar-refractivity contribution in [3.05, 3.63) is 0 Å². The fourth-order valence-corrected chi connectivity index (χ4v) is 1.95. The van der Waals surface area contributed by atoms with Gasteiger partial charge in [-0.3, -0.25) is 4.79 Å². The standard InChI is InChI=1S/C12H25NO2S/c1-10(9-14)8-13-11(15)6-5-7-16-12(2,3)4/h10,14H,5-9H2,1-4H3,(H,13,15). The Hall–Kier alpha value is -0.220. The van der Waals surface area contributed by atoms with E-state index in [1.807, 2.05) is 18.7 Å². The van der Waals surface area contributed by atoms with E-state index in [2.05, 4.69) is 26.1 Å². The lowest BCUT2D eigenvalue weighted by Gasteiger charge is -2.17. The van der Waals surface area contributed by atoms with E-state index in [4.69, 9.17) is 5.11 Å². The van der Waals surface area contributed by atoms with E-state index < -0.39 is 0 Å². The summed E-state index contributed by atoms with van der Waals surface area (Å²) in [5, 5.41) is 11.6. The molecule has 0 aromatic carbocycles. The Morgan fingerprint density at radius 1 is 1.44 bits per heavy atom. The fourth-order valence-electron chi connectivity index (χ4n) is 1.05. The first-order valence-corrected chi connectivity index (χ1v) is 6.85. The van der Waals surface area contributed by atoms with Gasteiger partial charge in [-0.25, -0.2) is 0 Å². The summed E-state index contributed by atoms with van der Waals surface area (Å²) in [6.07, 6.45) is 1.50. The van der Waals surface area contributed by atoms with Crippen molar-refractivity contribution in [3.8, 4) is 0 Å². The van der Waals surface area contributed by atoms with Crippen LogP contribution in [0.5, 0.6) is 0 Å². The molecule has 2 N–H and O–H groups in total. The van der Waals surface area contributed by atoms with Crippen LogP contribution in [0.3, 0.4) is 0 Å². The topological polar surface area (TPSA) is 49.3 Å². The molecule has 0 spiro atoms. The molecule has 0 rings (SSSR count). The minimum atomic E-state index is 0.0924. The van der Waals surface area contributed by atoms with Crippen molar-refractivity contribution in [1.29, 1.82) is 0 Å². The van der Waals surface area contributed by atoms with Gasteiger partial charge in [-0.05, 0) is 18.1 Å². The summed E-state index contributed by atoms with van der Waals surface area (Å²) in [6, 6.07) is 0. The van der Waals surface area contributed by atoms with Gasteiger partial charge in [-0.2, -0.15) is 11.8 Å². The van der Waals surface area contributed by atoms with Crippen LogP contribution in [0, 0.1) is 5.92 Å². The molecule has 16 heavy (non-hydrogen) atoms. The summed E-state index contributed by atoms with van der Waals surface area (Å²) in [7, 11) is 0. The third-order valence-corrected chi connectivity index (χ3v) is 3.40. The molecule has 4 heteroatoms. The second-order valence-corrected chi connectivity index (χ2v) is 7.08. The minimum absolute atomic E-state index is 0.0924. The molecule has 1 amide bonds. The maximum Gasteiger partial charge on any atom is 0.220 e. The molecule has 0 aromatic heterocycles. The second-order valence-electron chi connectivity index (χ2n) is 5.16. The number of hydrogen-bond donors (Lipinski definition) is 2. The lowest BCUT2D eigenvalue weighted by atomic mass is 10.2. The summed E-state index contributed by atoms with van der Waals surface area (Å²) in [4.78, 5) is 11.4. The molecule has 1 unspecified atom stereocenters. The van der Waals surface area contributed by atoms with E-state index in [0.29, 0.717) is 13.0 Å². The van der Waals surface area contributed by atoms with Crippen LogP contribution in [0.25, 0.3) is 0 Å².